The van der Waals surface area contributed by atoms with Gasteiger partial charge in [-0.2, -0.15) is 5.26 Å². The summed E-state index contributed by atoms with van der Waals surface area (Å²) in [6, 6.07) is 15.8. The highest BCUT2D eigenvalue weighted by atomic mass is 32.2. The van der Waals surface area contributed by atoms with Crippen LogP contribution in [0.25, 0.3) is 17.1 Å². The van der Waals surface area contributed by atoms with E-state index in [0.29, 0.717) is 28.1 Å². The number of nitrogens with zero attached hydrogens (tertiary/aromatic N) is 5. The molecule has 8 nitrogen and oxygen atoms in total. The van der Waals surface area contributed by atoms with E-state index in [1.807, 2.05) is 41.0 Å². The molecule has 1 aromatic carbocycles. The standard InChI is InChI=1S/C24H20N6O2S/c25-13-19-18-10-4-5-11-20(18)30(17-8-2-1-3-9-17)22(19)27-21(31)15-33-24-29-28-23(32-24)16-7-6-12-26-14-16/h1-3,6-9,12,14H,4-5,10-11,15H2,(H,27,31). The van der Waals surface area contributed by atoms with Crippen molar-refractivity contribution < 1.29 is 9.21 Å². The van der Waals surface area contributed by atoms with Crippen molar-refractivity contribution in [2.24, 2.45) is 0 Å². The zero-order valence-electron chi connectivity index (χ0n) is 17.7. The Kier molecular flexibility index (Phi) is 5.91. The van der Waals surface area contributed by atoms with Gasteiger partial charge in [0.1, 0.15) is 11.9 Å². The second kappa shape index (κ2) is 9.30. The fourth-order valence-electron chi connectivity index (χ4n) is 4.07. The van der Waals surface area contributed by atoms with Crippen LogP contribution < -0.4 is 5.32 Å². The molecule has 0 radical (unpaired) electrons. The molecule has 1 aliphatic rings. The van der Waals surface area contributed by atoms with Crippen molar-refractivity contribution in [2.75, 3.05) is 11.1 Å². The summed E-state index contributed by atoms with van der Waals surface area (Å²) in [5.41, 5.74) is 4.33. The molecule has 1 N–H and O–H groups in total. The van der Waals surface area contributed by atoms with E-state index in [1.54, 1.807) is 18.5 Å². The molecule has 5 rings (SSSR count). The fourth-order valence-corrected chi connectivity index (χ4v) is 4.63. The molecule has 3 heterocycles. The van der Waals surface area contributed by atoms with Crippen LogP contribution in [0.2, 0.25) is 0 Å². The predicted molar refractivity (Wildman–Crippen MR) is 124 cm³/mol. The van der Waals surface area contributed by atoms with Crippen LogP contribution in [0.5, 0.6) is 0 Å². The Hall–Kier alpha value is -3.90. The minimum atomic E-state index is -0.246. The smallest absolute Gasteiger partial charge is 0.277 e. The average Bonchev–Trinajstić information content (AvgIpc) is 3.46. The van der Waals surface area contributed by atoms with E-state index >= 15 is 0 Å². The summed E-state index contributed by atoms with van der Waals surface area (Å²) in [4.78, 5) is 16.9. The number of fused-ring (bicyclic) bond motifs is 1. The molecule has 0 saturated carbocycles. The highest BCUT2D eigenvalue weighted by Gasteiger charge is 2.26. The molecule has 1 aliphatic carbocycles. The average molecular weight is 457 g/mol. The van der Waals surface area contributed by atoms with Gasteiger partial charge in [-0.15, -0.1) is 10.2 Å². The molecule has 33 heavy (non-hydrogen) atoms. The highest BCUT2D eigenvalue weighted by molar-refractivity contribution is 7.99. The van der Waals surface area contributed by atoms with Crippen LogP contribution in [0.4, 0.5) is 5.82 Å². The number of anilines is 1. The van der Waals surface area contributed by atoms with Crippen molar-refractivity contribution in [3.05, 3.63) is 71.7 Å². The van der Waals surface area contributed by atoms with Gasteiger partial charge < -0.3 is 9.73 Å². The van der Waals surface area contributed by atoms with Crippen LogP contribution in [0.15, 0.2) is 64.5 Å². The summed E-state index contributed by atoms with van der Waals surface area (Å²) in [6.45, 7) is 0. The van der Waals surface area contributed by atoms with Crippen molar-refractivity contribution in [3.63, 3.8) is 0 Å². The zero-order valence-corrected chi connectivity index (χ0v) is 18.5. The molecule has 1 amide bonds. The largest absolute Gasteiger partial charge is 0.411 e. The summed E-state index contributed by atoms with van der Waals surface area (Å²) in [7, 11) is 0. The number of para-hydroxylation sites is 1. The van der Waals surface area contributed by atoms with Gasteiger partial charge in [-0.25, -0.2) is 0 Å². The van der Waals surface area contributed by atoms with E-state index in [9.17, 15) is 10.1 Å². The maximum absolute atomic E-state index is 12.9. The number of carbonyl (C=O) groups excluding carboxylic acids is 1. The number of hydrogen-bond acceptors (Lipinski definition) is 7. The summed E-state index contributed by atoms with van der Waals surface area (Å²) in [6.07, 6.45) is 7.13. The quantitative estimate of drug-likeness (QED) is 0.428. The van der Waals surface area contributed by atoms with Gasteiger partial charge in [-0.3, -0.25) is 14.3 Å². The molecule has 4 aromatic rings. The predicted octanol–water partition coefficient (Wildman–Crippen LogP) is 4.40. The van der Waals surface area contributed by atoms with Gasteiger partial charge in [0.15, 0.2) is 0 Å². The van der Waals surface area contributed by atoms with Gasteiger partial charge in [0.2, 0.25) is 11.8 Å². The molecule has 9 heteroatoms. The van der Waals surface area contributed by atoms with Crippen LogP contribution in [-0.4, -0.2) is 31.4 Å². The first kappa shape index (κ1) is 21.0. The molecule has 0 saturated heterocycles. The van der Waals surface area contributed by atoms with Crippen molar-refractivity contribution in [1.82, 2.24) is 19.7 Å². The Labute approximate surface area is 194 Å². The first-order valence-corrected chi connectivity index (χ1v) is 11.6. The normalized spacial score (nSPS) is 12.7. The molecular weight excluding hydrogens is 436 g/mol. The van der Waals surface area contributed by atoms with Crippen LogP contribution in [0.1, 0.15) is 29.7 Å². The summed E-state index contributed by atoms with van der Waals surface area (Å²) < 4.78 is 7.65. The van der Waals surface area contributed by atoms with Crippen LogP contribution in [-0.2, 0) is 17.6 Å². The SMILES string of the molecule is N#Cc1c2c(n(-c3ccccc3)c1NC(=O)CSc1nnc(-c3cccnc3)o1)CCCC2. The monoisotopic (exact) mass is 456 g/mol. The van der Waals surface area contributed by atoms with Gasteiger partial charge in [0.25, 0.3) is 5.22 Å². The number of aromatic nitrogens is 4. The van der Waals surface area contributed by atoms with Gasteiger partial charge in [-0.05, 0) is 55.5 Å². The lowest BCUT2D eigenvalue weighted by Crippen LogP contribution is -2.18. The van der Waals surface area contributed by atoms with E-state index < -0.39 is 0 Å². The maximum atomic E-state index is 12.9. The number of hydrogen-bond donors (Lipinski definition) is 1. The summed E-state index contributed by atoms with van der Waals surface area (Å²) in [5.74, 6) is 0.709. The second-order valence-electron chi connectivity index (χ2n) is 7.59. The summed E-state index contributed by atoms with van der Waals surface area (Å²) >= 11 is 1.15. The molecule has 0 spiro atoms. The molecule has 0 fully saturated rings. The molecule has 164 valence electrons. The van der Waals surface area contributed by atoms with E-state index in [4.69, 9.17) is 4.42 Å². The number of nitrogens with one attached hydrogen (secondary N) is 1. The Morgan fingerprint density at radius 1 is 1.15 bits per heavy atom. The lowest BCUT2D eigenvalue weighted by atomic mass is 9.95. The number of carbonyl (C=O) groups is 1. The van der Waals surface area contributed by atoms with Crippen molar-refractivity contribution in [2.45, 2.75) is 30.9 Å². The molecule has 0 aliphatic heterocycles. The molecule has 0 unspecified atom stereocenters. The Bertz CT molecular complexity index is 1320. The third-order valence-corrected chi connectivity index (χ3v) is 6.31. The number of rotatable bonds is 6. The fraction of sp³-hybridized carbons (Fsp3) is 0.208. The number of amides is 1. The first-order chi connectivity index (χ1) is 16.2. The van der Waals surface area contributed by atoms with Crippen molar-refractivity contribution >= 4 is 23.5 Å². The van der Waals surface area contributed by atoms with Crippen LogP contribution in [0.3, 0.4) is 0 Å². The first-order valence-electron chi connectivity index (χ1n) is 10.6. The topological polar surface area (TPSA) is 110 Å². The molecule has 0 bridgehead atoms. The third kappa shape index (κ3) is 4.25. The Balaban J connectivity index is 1.37. The lowest BCUT2D eigenvalue weighted by Gasteiger charge is -2.17. The van der Waals surface area contributed by atoms with Crippen LogP contribution in [0, 0.1) is 11.3 Å². The minimum absolute atomic E-state index is 0.0736. The van der Waals surface area contributed by atoms with Crippen molar-refractivity contribution in [1.29, 1.82) is 5.26 Å². The number of benzene rings is 1. The number of thioether (sulfide) groups is 1. The molecule has 3 aromatic heterocycles. The van der Waals surface area contributed by atoms with Gasteiger partial charge in [-0.1, -0.05) is 30.0 Å². The molecular formula is C24H20N6O2S. The van der Waals surface area contributed by atoms with E-state index in [1.165, 1.54) is 0 Å². The van der Waals surface area contributed by atoms with Gasteiger partial charge >= 0.3 is 0 Å². The van der Waals surface area contributed by atoms with Crippen LogP contribution >= 0.6 is 11.8 Å². The second-order valence-corrected chi connectivity index (χ2v) is 8.52. The van der Waals surface area contributed by atoms with Gasteiger partial charge in [0.05, 0.1) is 16.9 Å². The molecule has 0 atom stereocenters. The van der Waals surface area contributed by atoms with E-state index in [0.717, 1.165) is 54.4 Å². The lowest BCUT2D eigenvalue weighted by molar-refractivity contribution is -0.113. The van der Waals surface area contributed by atoms with E-state index in [-0.39, 0.29) is 11.7 Å². The van der Waals surface area contributed by atoms with E-state index in [2.05, 4.69) is 26.6 Å². The maximum Gasteiger partial charge on any atom is 0.277 e. The minimum Gasteiger partial charge on any atom is -0.411 e. The Morgan fingerprint density at radius 2 is 2.00 bits per heavy atom. The number of pyridine rings is 1. The third-order valence-electron chi connectivity index (χ3n) is 5.50. The highest BCUT2D eigenvalue weighted by Crippen LogP contribution is 2.35. The summed E-state index contributed by atoms with van der Waals surface area (Å²) in [5, 5.41) is 21.2. The van der Waals surface area contributed by atoms with Crippen molar-refractivity contribution in [3.8, 4) is 23.2 Å². The Morgan fingerprint density at radius 3 is 2.79 bits per heavy atom. The number of nitriles is 1. The van der Waals surface area contributed by atoms with Gasteiger partial charge in [0, 0.05) is 23.8 Å². The zero-order chi connectivity index (χ0) is 22.6.